The Morgan fingerprint density at radius 2 is 1.95 bits per heavy atom. The van der Waals surface area contributed by atoms with Crippen LogP contribution >= 0.6 is 0 Å². The fraction of sp³-hybridized carbons (Fsp3) is 0.467. The monoisotopic (exact) mass is 275 g/mol. The number of aryl methyl sites for hydroxylation is 1. The molecule has 1 aromatic carbocycles. The molecule has 0 saturated heterocycles. The Kier molecular flexibility index (Phi) is 3.81. The molecule has 0 unspecified atom stereocenters. The van der Waals surface area contributed by atoms with E-state index in [9.17, 15) is 9.59 Å². The van der Waals surface area contributed by atoms with E-state index < -0.39 is 5.54 Å². The molecule has 2 amide bonds. The van der Waals surface area contributed by atoms with E-state index in [-0.39, 0.29) is 17.9 Å². The summed E-state index contributed by atoms with van der Waals surface area (Å²) < 4.78 is 0. The van der Waals surface area contributed by atoms with Gasteiger partial charge in [-0.25, -0.2) is 0 Å². The van der Waals surface area contributed by atoms with Crippen molar-refractivity contribution in [1.29, 1.82) is 0 Å². The van der Waals surface area contributed by atoms with E-state index in [4.69, 9.17) is 5.73 Å². The highest BCUT2D eigenvalue weighted by molar-refractivity contribution is 6.02. The summed E-state index contributed by atoms with van der Waals surface area (Å²) in [6.45, 7) is 5.68. The van der Waals surface area contributed by atoms with Gasteiger partial charge in [0, 0.05) is 17.3 Å². The van der Waals surface area contributed by atoms with Gasteiger partial charge in [-0.2, -0.15) is 0 Å². The Balaban J connectivity index is 2.15. The zero-order valence-corrected chi connectivity index (χ0v) is 12.1. The van der Waals surface area contributed by atoms with Crippen LogP contribution in [0.15, 0.2) is 18.2 Å². The summed E-state index contributed by atoms with van der Waals surface area (Å²) in [7, 11) is 0. The summed E-state index contributed by atoms with van der Waals surface area (Å²) in [4.78, 5) is 24.0. The first-order valence-corrected chi connectivity index (χ1v) is 6.84. The molecule has 20 heavy (non-hydrogen) atoms. The zero-order valence-electron chi connectivity index (χ0n) is 12.1. The number of rotatable bonds is 4. The molecule has 1 aliphatic carbocycles. The maximum absolute atomic E-state index is 12.1. The molecule has 1 aromatic rings. The van der Waals surface area contributed by atoms with Crippen molar-refractivity contribution >= 4 is 17.5 Å². The lowest BCUT2D eigenvalue weighted by atomic mass is 10.1. The Labute approximate surface area is 118 Å². The molecule has 4 N–H and O–H groups in total. The topological polar surface area (TPSA) is 84.2 Å². The fourth-order valence-corrected chi connectivity index (χ4v) is 1.90. The van der Waals surface area contributed by atoms with E-state index >= 15 is 0 Å². The van der Waals surface area contributed by atoms with Gasteiger partial charge in [0.2, 0.25) is 5.91 Å². The number of hydrogen-bond acceptors (Lipinski definition) is 3. The average Bonchev–Trinajstić information content (AvgIpc) is 3.10. The van der Waals surface area contributed by atoms with Gasteiger partial charge in [0.15, 0.2) is 0 Å². The van der Waals surface area contributed by atoms with Crippen molar-refractivity contribution in [2.45, 2.75) is 45.2 Å². The van der Waals surface area contributed by atoms with Gasteiger partial charge in [-0.3, -0.25) is 9.59 Å². The predicted molar refractivity (Wildman–Crippen MR) is 78.6 cm³/mol. The molecule has 1 aliphatic rings. The number of nitrogens with one attached hydrogen (secondary N) is 2. The van der Waals surface area contributed by atoms with E-state index in [1.165, 1.54) is 0 Å². The molecule has 0 atom stereocenters. The van der Waals surface area contributed by atoms with E-state index in [2.05, 4.69) is 10.6 Å². The largest absolute Gasteiger partial charge is 0.350 e. The molecular weight excluding hydrogens is 254 g/mol. The van der Waals surface area contributed by atoms with E-state index in [1.807, 2.05) is 26.8 Å². The summed E-state index contributed by atoms with van der Waals surface area (Å²) in [5.74, 6) is -0.320. The van der Waals surface area contributed by atoms with Crippen LogP contribution in [0.2, 0.25) is 0 Å². The van der Waals surface area contributed by atoms with Crippen molar-refractivity contribution in [1.82, 2.24) is 5.32 Å². The van der Waals surface area contributed by atoms with Gasteiger partial charge < -0.3 is 16.4 Å². The molecule has 0 bridgehead atoms. The number of anilines is 1. The van der Waals surface area contributed by atoms with Crippen molar-refractivity contribution in [3.63, 3.8) is 0 Å². The van der Waals surface area contributed by atoms with Crippen LogP contribution in [0.3, 0.4) is 0 Å². The van der Waals surface area contributed by atoms with Crippen LogP contribution in [0, 0.1) is 6.92 Å². The molecule has 1 fully saturated rings. The summed E-state index contributed by atoms with van der Waals surface area (Å²) in [5.41, 5.74) is 7.16. The quantitative estimate of drug-likeness (QED) is 0.779. The summed E-state index contributed by atoms with van der Waals surface area (Å²) in [6, 6.07) is 5.36. The van der Waals surface area contributed by atoms with E-state index in [0.717, 1.165) is 5.56 Å². The Morgan fingerprint density at radius 1 is 1.30 bits per heavy atom. The molecule has 0 aromatic heterocycles. The van der Waals surface area contributed by atoms with Crippen LogP contribution in [0.4, 0.5) is 5.69 Å². The van der Waals surface area contributed by atoms with Crippen LogP contribution in [0.5, 0.6) is 0 Å². The maximum Gasteiger partial charge on any atom is 0.251 e. The molecule has 0 aliphatic heterocycles. The number of nitrogens with two attached hydrogens (primary N) is 1. The second-order valence-corrected chi connectivity index (χ2v) is 5.77. The molecule has 5 heteroatoms. The van der Waals surface area contributed by atoms with Crippen molar-refractivity contribution < 1.29 is 9.59 Å². The molecule has 2 rings (SSSR count). The lowest BCUT2D eigenvalue weighted by Crippen LogP contribution is -2.38. The molecule has 108 valence electrons. The minimum absolute atomic E-state index is 0.0684. The standard InChI is InChI=1S/C15H21N3O2/c1-9(2)17-13(19)12-8-11(5-4-10(12)3)18-14(20)15(16)6-7-15/h4-5,8-9H,6-7,16H2,1-3H3,(H,17,19)(H,18,20). The first-order valence-electron chi connectivity index (χ1n) is 6.84. The third-order valence-corrected chi connectivity index (χ3v) is 3.40. The lowest BCUT2D eigenvalue weighted by molar-refractivity contribution is -0.118. The van der Waals surface area contributed by atoms with Gasteiger partial charge in [0.05, 0.1) is 5.54 Å². The Bertz CT molecular complexity index is 548. The summed E-state index contributed by atoms with van der Waals surface area (Å²) in [6.07, 6.45) is 1.43. The van der Waals surface area contributed by atoms with Gasteiger partial charge in [-0.05, 0) is 51.3 Å². The fourth-order valence-electron chi connectivity index (χ4n) is 1.90. The number of hydrogen-bond donors (Lipinski definition) is 3. The molecule has 0 heterocycles. The van der Waals surface area contributed by atoms with Crippen molar-refractivity contribution in [2.75, 3.05) is 5.32 Å². The molecule has 0 radical (unpaired) electrons. The summed E-state index contributed by atoms with van der Waals surface area (Å²) in [5, 5.41) is 5.62. The van der Waals surface area contributed by atoms with Crippen LogP contribution in [-0.4, -0.2) is 23.4 Å². The van der Waals surface area contributed by atoms with Gasteiger partial charge in [-0.15, -0.1) is 0 Å². The minimum Gasteiger partial charge on any atom is -0.350 e. The van der Waals surface area contributed by atoms with Gasteiger partial charge in [0.25, 0.3) is 5.91 Å². The second-order valence-electron chi connectivity index (χ2n) is 5.77. The van der Waals surface area contributed by atoms with Crippen LogP contribution in [0.25, 0.3) is 0 Å². The number of carbonyl (C=O) groups excluding carboxylic acids is 2. The third kappa shape index (κ3) is 3.17. The molecule has 0 spiro atoms. The molecule has 5 nitrogen and oxygen atoms in total. The van der Waals surface area contributed by atoms with E-state index in [0.29, 0.717) is 24.1 Å². The zero-order chi connectivity index (χ0) is 14.9. The highest BCUT2D eigenvalue weighted by Crippen LogP contribution is 2.33. The lowest BCUT2D eigenvalue weighted by Gasteiger charge is -2.14. The third-order valence-electron chi connectivity index (χ3n) is 3.40. The van der Waals surface area contributed by atoms with Crippen molar-refractivity contribution in [3.05, 3.63) is 29.3 Å². The Hall–Kier alpha value is -1.88. The molecule has 1 saturated carbocycles. The number of carbonyl (C=O) groups is 2. The first kappa shape index (κ1) is 14.5. The maximum atomic E-state index is 12.1. The number of benzene rings is 1. The van der Waals surface area contributed by atoms with Crippen LogP contribution < -0.4 is 16.4 Å². The Morgan fingerprint density at radius 3 is 2.50 bits per heavy atom. The van der Waals surface area contributed by atoms with E-state index in [1.54, 1.807) is 12.1 Å². The highest BCUT2D eigenvalue weighted by Gasteiger charge is 2.45. The summed E-state index contributed by atoms with van der Waals surface area (Å²) >= 11 is 0. The van der Waals surface area contributed by atoms with Gasteiger partial charge in [0.1, 0.15) is 0 Å². The highest BCUT2D eigenvalue weighted by atomic mass is 16.2. The first-order chi connectivity index (χ1) is 9.32. The second kappa shape index (κ2) is 5.25. The van der Waals surface area contributed by atoms with Gasteiger partial charge >= 0.3 is 0 Å². The normalized spacial score (nSPS) is 15.8. The SMILES string of the molecule is Cc1ccc(NC(=O)C2(N)CC2)cc1C(=O)NC(C)C. The van der Waals surface area contributed by atoms with Crippen molar-refractivity contribution in [3.8, 4) is 0 Å². The minimum atomic E-state index is -0.717. The van der Waals surface area contributed by atoms with Crippen LogP contribution in [-0.2, 0) is 4.79 Å². The van der Waals surface area contributed by atoms with Crippen molar-refractivity contribution in [2.24, 2.45) is 5.73 Å². The van der Waals surface area contributed by atoms with Crippen LogP contribution in [0.1, 0.15) is 42.6 Å². The average molecular weight is 275 g/mol. The molecular formula is C15H21N3O2. The predicted octanol–water partition coefficient (Wildman–Crippen LogP) is 1.56. The van der Waals surface area contributed by atoms with Gasteiger partial charge in [-0.1, -0.05) is 6.07 Å². The number of amides is 2. The smallest absolute Gasteiger partial charge is 0.251 e.